The summed E-state index contributed by atoms with van der Waals surface area (Å²) in [6.07, 6.45) is 3.85. The normalized spacial score (nSPS) is 17.3. The SMILES string of the molecule is COc1nc(-c2cccc(-c3ccnc(-c4ccc(CN5CC6(CNC(=O)C6)C5)c(OC(F)F)c4)c3Cl)c2Cl)ccc1CNC1CCN(C(C)=O)CC1. The minimum absolute atomic E-state index is 0.0411. The van der Waals surface area contributed by atoms with E-state index in [1.54, 1.807) is 38.4 Å². The number of nitrogens with zero attached hydrogens (tertiary/aromatic N) is 4. The van der Waals surface area contributed by atoms with Crippen LogP contribution >= 0.6 is 23.2 Å². The third-order valence-corrected chi connectivity index (χ3v) is 11.2. The Bertz CT molecular complexity index is 2020. The van der Waals surface area contributed by atoms with Gasteiger partial charge in [-0.15, -0.1) is 0 Å². The topological polar surface area (TPSA) is 109 Å². The van der Waals surface area contributed by atoms with Gasteiger partial charge in [0.25, 0.3) is 0 Å². The monoisotopic (exact) mass is 764 g/mol. The summed E-state index contributed by atoms with van der Waals surface area (Å²) in [5, 5.41) is 7.18. The van der Waals surface area contributed by atoms with Gasteiger partial charge in [0.15, 0.2) is 0 Å². The molecule has 0 saturated carbocycles. The number of likely N-dealkylation sites (tertiary alicyclic amines) is 2. The Morgan fingerprint density at radius 3 is 2.47 bits per heavy atom. The number of hydrogen-bond donors (Lipinski definition) is 2. The molecule has 0 bridgehead atoms. The first-order chi connectivity index (χ1) is 25.5. The van der Waals surface area contributed by atoms with Crippen LogP contribution in [0.25, 0.3) is 33.6 Å². The number of ether oxygens (including phenoxy) is 2. The molecule has 4 aromatic rings. The standard InChI is InChI=1S/C39H40Cl2F2N6O4/c1-23(50)49-14-11-27(12-15-49)45-18-25-8-9-31(47-37(25)52-2)30-5-3-4-28(34(30)40)29-10-13-44-36(35(29)41)24-6-7-26(32(16-24)53-38(42)43)19-48-21-39(22-48)17-33(51)46-20-39/h3-10,13,16,27,38,45H,11-12,14-15,17-22H2,1-2H3,(H,46,51). The predicted octanol–water partition coefficient (Wildman–Crippen LogP) is 6.82. The van der Waals surface area contributed by atoms with Crippen molar-refractivity contribution < 1.29 is 27.8 Å². The number of nitrogens with one attached hydrogen (secondary N) is 2. The molecule has 278 valence electrons. The number of pyridine rings is 2. The molecule has 5 heterocycles. The first-order valence-electron chi connectivity index (χ1n) is 17.6. The van der Waals surface area contributed by atoms with Gasteiger partial charge in [-0.25, -0.2) is 4.98 Å². The maximum atomic E-state index is 13.6. The first kappa shape index (κ1) is 37.0. The third-order valence-electron chi connectivity index (χ3n) is 10.4. The van der Waals surface area contributed by atoms with Crippen molar-refractivity contribution in [1.29, 1.82) is 0 Å². The largest absolute Gasteiger partial charge is 0.481 e. The number of alkyl halides is 2. The van der Waals surface area contributed by atoms with E-state index in [9.17, 15) is 18.4 Å². The van der Waals surface area contributed by atoms with E-state index >= 15 is 0 Å². The number of hydrogen-bond acceptors (Lipinski definition) is 8. The van der Waals surface area contributed by atoms with Crippen LogP contribution in [0.3, 0.4) is 0 Å². The average molecular weight is 766 g/mol. The van der Waals surface area contributed by atoms with Crippen LogP contribution in [0.2, 0.25) is 10.0 Å². The van der Waals surface area contributed by atoms with Gasteiger partial charge < -0.3 is 25.0 Å². The molecule has 14 heteroatoms. The van der Waals surface area contributed by atoms with Crippen LogP contribution in [0.15, 0.2) is 60.8 Å². The van der Waals surface area contributed by atoms with Crippen molar-refractivity contribution in [1.82, 2.24) is 30.4 Å². The zero-order chi connectivity index (χ0) is 37.3. The molecular formula is C39H40Cl2F2N6O4. The molecule has 3 aliphatic rings. The second kappa shape index (κ2) is 15.5. The molecule has 0 aliphatic carbocycles. The molecule has 53 heavy (non-hydrogen) atoms. The molecule has 2 aromatic carbocycles. The molecular weight excluding hydrogens is 725 g/mol. The summed E-state index contributed by atoms with van der Waals surface area (Å²) >= 11 is 14.1. The van der Waals surface area contributed by atoms with Crippen LogP contribution in [-0.4, -0.2) is 84.1 Å². The van der Waals surface area contributed by atoms with E-state index in [1.165, 1.54) is 6.07 Å². The van der Waals surface area contributed by atoms with E-state index < -0.39 is 6.61 Å². The molecule has 3 saturated heterocycles. The molecule has 10 nitrogen and oxygen atoms in total. The zero-order valence-corrected chi connectivity index (χ0v) is 30.9. The van der Waals surface area contributed by atoms with Gasteiger partial charge in [-0.2, -0.15) is 8.78 Å². The first-order valence-corrected chi connectivity index (χ1v) is 18.3. The van der Waals surface area contributed by atoms with Gasteiger partial charge >= 0.3 is 6.61 Å². The van der Waals surface area contributed by atoms with E-state index in [0.717, 1.165) is 31.5 Å². The maximum absolute atomic E-state index is 13.6. The highest BCUT2D eigenvalue weighted by molar-refractivity contribution is 6.39. The number of carbonyl (C=O) groups excluding carboxylic acids is 2. The molecule has 3 aliphatic heterocycles. The number of piperidine rings is 1. The summed E-state index contributed by atoms with van der Waals surface area (Å²) in [4.78, 5) is 36.7. The van der Waals surface area contributed by atoms with E-state index in [4.69, 9.17) is 37.7 Å². The van der Waals surface area contributed by atoms with Crippen LogP contribution in [0.4, 0.5) is 8.78 Å². The summed E-state index contributed by atoms with van der Waals surface area (Å²) in [7, 11) is 1.58. The smallest absolute Gasteiger partial charge is 0.387 e. The quantitative estimate of drug-likeness (QED) is 0.172. The highest BCUT2D eigenvalue weighted by Gasteiger charge is 2.48. The lowest BCUT2D eigenvalue weighted by Crippen LogP contribution is -2.56. The lowest BCUT2D eigenvalue weighted by Gasteiger charge is -2.47. The molecule has 1 spiro atoms. The van der Waals surface area contributed by atoms with Gasteiger partial charge in [0.05, 0.1) is 28.5 Å². The van der Waals surface area contributed by atoms with Crippen molar-refractivity contribution in [3.05, 3.63) is 82.0 Å². The lowest BCUT2D eigenvalue weighted by atomic mass is 9.79. The molecule has 0 atom stereocenters. The molecule has 2 aromatic heterocycles. The Hall–Kier alpha value is -4.36. The number of carbonyl (C=O) groups is 2. The van der Waals surface area contributed by atoms with Crippen molar-refractivity contribution in [3.63, 3.8) is 0 Å². The van der Waals surface area contributed by atoms with Crippen molar-refractivity contribution >= 4 is 35.0 Å². The Morgan fingerprint density at radius 1 is 1.04 bits per heavy atom. The number of amides is 2. The van der Waals surface area contributed by atoms with E-state index in [1.807, 2.05) is 35.2 Å². The van der Waals surface area contributed by atoms with Crippen LogP contribution in [0.5, 0.6) is 11.6 Å². The second-order valence-corrected chi connectivity index (χ2v) is 14.8. The van der Waals surface area contributed by atoms with E-state index in [-0.39, 0.29) is 23.0 Å². The second-order valence-electron chi connectivity index (χ2n) is 14.0. The van der Waals surface area contributed by atoms with Crippen molar-refractivity contribution in [2.75, 3.05) is 39.8 Å². The van der Waals surface area contributed by atoms with Gasteiger partial charge in [-0.1, -0.05) is 59.6 Å². The number of rotatable bonds is 11. The predicted molar refractivity (Wildman–Crippen MR) is 199 cm³/mol. The van der Waals surface area contributed by atoms with Crippen LogP contribution in [-0.2, 0) is 22.7 Å². The number of methoxy groups -OCH3 is 1. The molecule has 0 unspecified atom stereocenters. The highest BCUT2D eigenvalue weighted by Crippen LogP contribution is 2.43. The van der Waals surface area contributed by atoms with Gasteiger partial charge in [-0.05, 0) is 31.0 Å². The van der Waals surface area contributed by atoms with Crippen LogP contribution < -0.4 is 20.1 Å². The molecule has 7 rings (SSSR count). The number of halogens is 4. The fourth-order valence-electron chi connectivity index (χ4n) is 7.64. The molecule has 0 radical (unpaired) electrons. The highest BCUT2D eigenvalue weighted by atomic mass is 35.5. The molecule has 2 amide bonds. The van der Waals surface area contributed by atoms with Crippen LogP contribution in [0, 0.1) is 5.41 Å². The summed E-state index contributed by atoms with van der Waals surface area (Å²) in [5.41, 5.74) is 4.86. The Balaban J connectivity index is 1.10. The van der Waals surface area contributed by atoms with Gasteiger partial charge in [0.2, 0.25) is 17.7 Å². The summed E-state index contributed by atoms with van der Waals surface area (Å²) in [6.45, 7) is 3.06. The number of aromatic nitrogens is 2. The van der Waals surface area contributed by atoms with E-state index in [2.05, 4.69) is 20.5 Å². The van der Waals surface area contributed by atoms with Crippen molar-refractivity contribution in [2.45, 2.75) is 51.9 Å². The fourth-order valence-corrected chi connectivity index (χ4v) is 8.29. The maximum Gasteiger partial charge on any atom is 0.387 e. The Morgan fingerprint density at radius 2 is 1.77 bits per heavy atom. The molecule has 3 fully saturated rings. The lowest BCUT2D eigenvalue weighted by molar-refractivity contribution is -0.130. The Kier molecular flexibility index (Phi) is 10.8. The zero-order valence-electron chi connectivity index (χ0n) is 29.4. The van der Waals surface area contributed by atoms with Gasteiger partial charge in [0, 0.05) is 110 Å². The number of benzene rings is 2. The third kappa shape index (κ3) is 7.96. The summed E-state index contributed by atoms with van der Waals surface area (Å²) < 4.78 is 37.9. The minimum atomic E-state index is -3.02. The van der Waals surface area contributed by atoms with Crippen LogP contribution in [0.1, 0.15) is 37.3 Å². The molecule has 2 N–H and O–H groups in total. The summed E-state index contributed by atoms with van der Waals surface area (Å²) in [6, 6.07) is 16.6. The summed E-state index contributed by atoms with van der Waals surface area (Å²) in [5.74, 6) is 0.673. The van der Waals surface area contributed by atoms with Crippen molar-refractivity contribution in [2.24, 2.45) is 5.41 Å². The fraction of sp³-hybridized carbons (Fsp3) is 0.385. The van der Waals surface area contributed by atoms with Gasteiger partial charge in [-0.3, -0.25) is 19.5 Å². The minimum Gasteiger partial charge on any atom is -0.481 e. The van der Waals surface area contributed by atoms with E-state index in [0.29, 0.717) is 100 Å². The van der Waals surface area contributed by atoms with Crippen molar-refractivity contribution in [3.8, 4) is 45.3 Å². The van der Waals surface area contributed by atoms with Gasteiger partial charge in [0.1, 0.15) is 5.75 Å². The average Bonchev–Trinajstić information content (AvgIpc) is 3.53. The Labute approximate surface area is 316 Å².